The number of hydrazine groups is 2. The van der Waals surface area contributed by atoms with Gasteiger partial charge in [0.1, 0.15) is 13.9 Å². The molecule has 2 radical (unpaired) electrons. The smallest absolute Gasteiger partial charge is 0.166 e. The zero-order chi connectivity index (χ0) is 26.2. The first-order valence-corrected chi connectivity index (χ1v) is 12.0. The van der Waals surface area contributed by atoms with Gasteiger partial charge in [0, 0.05) is 23.5 Å². The third-order valence-electron chi connectivity index (χ3n) is 5.82. The van der Waals surface area contributed by atoms with E-state index in [0.29, 0.717) is 33.0 Å². The maximum absolute atomic E-state index is 14.9. The van der Waals surface area contributed by atoms with Gasteiger partial charge in [-0.1, -0.05) is 65.1 Å². The van der Waals surface area contributed by atoms with Gasteiger partial charge in [0.05, 0.1) is 48.7 Å². The van der Waals surface area contributed by atoms with Crippen LogP contribution in [0, 0.1) is 17.1 Å². The number of fused-ring (bicyclic) bond motifs is 1. The topological polar surface area (TPSA) is 96.8 Å². The minimum absolute atomic E-state index is 0.0304. The highest BCUT2D eigenvalue weighted by Crippen LogP contribution is 2.39. The maximum Gasteiger partial charge on any atom is 0.166 e. The molecule has 0 saturated heterocycles. The van der Waals surface area contributed by atoms with Crippen LogP contribution in [0.1, 0.15) is 11.1 Å². The molecule has 12 heteroatoms. The average Bonchev–Trinajstić information content (AvgIpc) is 3.46. The summed E-state index contributed by atoms with van der Waals surface area (Å²) in [5, 5.41) is 16.7. The minimum atomic E-state index is -1.21. The van der Waals surface area contributed by atoms with Gasteiger partial charge in [-0.05, 0) is 29.8 Å². The van der Waals surface area contributed by atoms with Crippen molar-refractivity contribution >= 4 is 70.6 Å². The lowest BCUT2D eigenvalue weighted by Crippen LogP contribution is -2.44. The zero-order valence-electron chi connectivity index (χ0n) is 18.8. The number of hydrogen-bond donors (Lipinski definition) is 5. The van der Waals surface area contributed by atoms with Crippen molar-refractivity contribution in [1.29, 1.82) is 5.26 Å². The molecule has 0 aliphatic carbocycles. The van der Waals surface area contributed by atoms with E-state index in [2.05, 4.69) is 38.1 Å². The second-order valence-corrected chi connectivity index (χ2v) is 9.30. The summed E-state index contributed by atoms with van der Waals surface area (Å²) in [5.74, 6) is -0.757. The molecule has 1 aliphatic heterocycles. The van der Waals surface area contributed by atoms with Gasteiger partial charge in [0.2, 0.25) is 0 Å². The Bertz CT molecular complexity index is 1590. The number of anilines is 3. The number of rotatable bonds is 6. The van der Waals surface area contributed by atoms with E-state index in [9.17, 15) is 9.65 Å². The van der Waals surface area contributed by atoms with E-state index in [4.69, 9.17) is 42.6 Å². The first-order chi connectivity index (χ1) is 17.8. The third kappa shape index (κ3) is 4.61. The highest BCUT2D eigenvalue weighted by Gasteiger charge is 2.32. The van der Waals surface area contributed by atoms with Crippen LogP contribution in [0.2, 0.25) is 15.1 Å². The molecule has 5 N–H and O–H groups in total. The van der Waals surface area contributed by atoms with Crippen LogP contribution < -0.4 is 27.0 Å². The highest BCUT2D eigenvalue weighted by atomic mass is 35.5. The van der Waals surface area contributed by atoms with E-state index >= 15 is 0 Å². The van der Waals surface area contributed by atoms with Crippen LogP contribution in [-0.2, 0) is 5.44 Å². The second kappa shape index (κ2) is 10.00. The molecule has 1 atom stereocenters. The standard InChI is InChI=1S/C25H16BCl3FN7/c26-25(20-12-33-37-36-20,14-4-2-1-3-5-14)35-15-8-16-23(13(10-31)11-32-24(16)18(28)9-15)34-19-7-6-17(27)21(29)22(19)30/h1-9,11-12,33,35-37H,(H,32,34). The van der Waals surface area contributed by atoms with Gasteiger partial charge in [0.15, 0.2) is 5.82 Å². The molecule has 182 valence electrons. The monoisotopic (exact) mass is 549 g/mol. The molecule has 3 aromatic carbocycles. The Balaban J connectivity index is 1.65. The van der Waals surface area contributed by atoms with Crippen LogP contribution in [0.3, 0.4) is 0 Å². The van der Waals surface area contributed by atoms with Crippen molar-refractivity contribution in [3.05, 3.63) is 105 Å². The third-order valence-corrected chi connectivity index (χ3v) is 6.89. The summed E-state index contributed by atoms with van der Waals surface area (Å²) in [4.78, 5) is 4.34. The molecular weight excluding hydrogens is 534 g/mol. The normalized spacial score (nSPS) is 14.2. The lowest BCUT2D eigenvalue weighted by atomic mass is 9.69. The van der Waals surface area contributed by atoms with Crippen molar-refractivity contribution in [2.75, 3.05) is 10.6 Å². The number of nitrogens with one attached hydrogen (secondary N) is 5. The van der Waals surface area contributed by atoms with Crippen molar-refractivity contribution in [3.8, 4) is 6.07 Å². The Kier molecular flexibility index (Phi) is 6.75. The number of aromatic nitrogens is 1. The summed E-state index contributed by atoms with van der Waals surface area (Å²) < 4.78 is 14.9. The molecule has 1 aromatic heterocycles. The molecule has 0 amide bonds. The molecule has 4 aromatic rings. The predicted molar refractivity (Wildman–Crippen MR) is 146 cm³/mol. The van der Waals surface area contributed by atoms with Crippen molar-refractivity contribution < 1.29 is 4.39 Å². The number of pyridine rings is 1. The summed E-state index contributed by atoms with van der Waals surface area (Å²) in [6.07, 6.45) is 3.05. The van der Waals surface area contributed by atoms with Crippen LogP contribution in [0.25, 0.3) is 10.9 Å². The van der Waals surface area contributed by atoms with Gasteiger partial charge in [-0.3, -0.25) is 4.98 Å². The Morgan fingerprint density at radius 2 is 1.84 bits per heavy atom. The van der Waals surface area contributed by atoms with E-state index in [0.717, 1.165) is 5.56 Å². The first kappa shape index (κ1) is 25.0. The lowest BCUT2D eigenvalue weighted by molar-refractivity contribution is 0.572. The molecule has 0 bridgehead atoms. The summed E-state index contributed by atoms with van der Waals surface area (Å²) in [6.45, 7) is 0. The van der Waals surface area contributed by atoms with Gasteiger partial charge in [-0.2, -0.15) is 10.8 Å². The fourth-order valence-corrected chi connectivity index (χ4v) is 4.57. The van der Waals surface area contributed by atoms with Crippen molar-refractivity contribution in [1.82, 2.24) is 21.4 Å². The number of halogens is 4. The van der Waals surface area contributed by atoms with Crippen LogP contribution >= 0.6 is 34.8 Å². The van der Waals surface area contributed by atoms with Crippen LogP contribution in [-0.4, -0.2) is 12.8 Å². The molecule has 37 heavy (non-hydrogen) atoms. The van der Waals surface area contributed by atoms with E-state index in [1.165, 1.54) is 18.3 Å². The Labute approximate surface area is 228 Å². The van der Waals surface area contributed by atoms with E-state index in [1.807, 2.05) is 30.3 Å². The molecule has 0 saturated carbocycles. The van der Waals surface area contributed by atoms with Crippen molar-refractivity contribution in [2.45, 2.75) is 5.44 Å². The van der Waals surface area contributed by atoms with E-state index in [-0.39, 0.29) is 21.3 Å². The quantitative estimate of drug-likeness (QED) is 0.152. The molecule has 1 aliphatic rings. The minimum Gasteiger partial charge on any atom is -0.378 e. The zero-order valence-corrected chi connectivity index (χ0v) is 21.1. The summed E-state index contributed by atoms with van der Waals surface area (Å²) in [5.41, 5.74) is 10.2. The Morgan fingerprint density at radius 1 is 1.05 bits per heavy atom. The highest BCUT2D eigenvalue weighted by molar-refractivity contribution is 6.42. The maximum atomic E-state index is 14.9. The van der Waals surface area contributed by atoms with Crippen molar-refractivity contribution in [3.63, 3.8) is 0 Å². The fourth-order valence-electron chi connectivity index (χ4n) is 3.99. The molecule has 1 unspecified atom stereocenters. The summed E-state index contributed by atoms with van der Waals surface area (Å²) in [7, 11) is 6.89. The Hall–Kier alpha value is -3.68. The molecule has 7 nitrogen and oxygen atoms in total. The van der Waals surface area contributed by atoms with Crippen molar-refractivity contribution in [2.24, 2.45) is 0 Å². The van der Waals surface area contributed by atoms with Gasteiger partial charge in [0.25, 0.3) is 0 Å². The molecule has 0 fully saturated rings. The summed E-state index contributed by atoms with van der Waals surface area (Å²) >= 11 is 18.5. The fraction of sp³-hybridized carbons (Fsp3) is 0.0400. The van der Waals surface area contributed by atoms with Crippen LogP contribution in [0.15, 0.2) is 72.7 Å². The van der Waals surface area contributed by atoms with Gasteiger partial charge < -0.3 is 21.5 Å². The van der Waals surface area contributed by atoms with Crippen LogP contribution in [0.5, 0.6) is 0 Å². The Morgan fingerprint density at radius 3 is 2.54 bits per heavy atom. The molecule has 5 rings (SSSR count). The SMILES string of the molecule is [B]C(Nc1cc(Cl)c2ncc(C#N)c(Nc3ccc(Cl)c(Cl)c3F)c2c1)(C1=CNNN1)c1ccccc1. The lowest BCUT2D eigenvalue weighted by Gasteiger charge is -2.34. The molecule has 0 spiro atoms. The van der Waals surface area contributed by atoms with E-state index in [1.54, 1.807) is 18.3 Å². The van der Waals surface area contributed by atoms with E-state index < -0.39 is 11.3 Å². The predicted octanol–water partition coefficient (Wildman–Crippen LogP) is 5.84. The first-order valence-electron chi connectivity index (χ1n) is 10.8. The average molecular weight is 551 g/mol. The van der Waals surface area contributed by atoms with Gasteiger partial charge >= 0.3 is 0 Å². The second-order valence-electron chi connectivity index (χ2n) is 8.11. The summed E-state index contributed by atoms with van der Waals surface area (Å²) in [6, 6.07) is 17.8. The van der Waals surface area contributed by atoms with Crippen LogP contribution in [0.4, 0.5) is 21.5 Å². The number of nitriles is 1. The van der Waals surface area contributed by atoms with Gasteiger partial charge in [-0.15, -0.1) is 0 Å². The largest absolute Gasteiger partial charge is 0.378 e. The number of benzene rings is 3. The van der Waals surface area contributed by atoms with Gasteiger partial charge in [-0.25, -0.2) is 4.39 Å². The molecular formula is C25H16BCl3FN7. The molecule has 2 heterocycles. The number of hydrogen-bond acceptors (Lipinski definition) is 7. The number of nitrogens with zero attached hydrogens (tertiary/aromatic N) is 2.